The van der Waals surface area contributed by atoms with Gasteiger partial charge in [0.05, 0.1) is 0 Å². The Balaban J connectivity index is 1.63. The van der Waals surface area contributed by atoms with Crippen LogP contribution in [0.1, 0.15) is 44.6 Å². The van der Waals surface area contributed by atoms with Gasteiger partial charge < -0.3 is 10.1 Å². The van der Waals surface area contributed by atoms with Gasteiger partial charge in [-0.25, -0.2) is 4.39 Å². The second kappa shape index (κ2) is 6.35. The van der Waals surface area contributed by atoms with E-state index in [-0.39, 0.29) is 11.9 Å². The third kappa shape index (κ3) is 3.23. The van der Waals surface area contributed by atoms with Crippen molar-refractivity contribution < 1.29 is 9.13 Å². The van der Waals surface area contributed by atoms with Crippen molar-refractivity contribution in [1.29, 1.82) is 0 Å². The minimum atomic E-state index is -0.158. The van der Waals surface area contributed by atoms with Crippen LogP contribution in [0.2, 0.25) is 0 Å². The van der Waals surface area contributed by atoms with Crippen LogP contribution in [0, 0.1) is 17.7 Å². The van der Waals surface area contributed by atoms with Crippen LogP contribution < -0.4 is 10.1 Å². The molecule has 1 fully saturated rings. The van der Waals surface area contributed by atoms with Gasteiger partial charge in [-0.2, -0.15) is 0 Å². The molecule has 0 saturated heterocycles. The third-order valence-corrected chi connectivity index (χ3v) is 5.37. The minimum absolute atomic E-state index is 0.158. The lowest BCUT2D eigenvalue weighted by atomic mass is 9.74. The Morgan fingerprint density at radius 2 is 2.19 bits per heavy atom. The molecule has 2 aliphatic rings. The van der Waals surface area contributed by atoms with E-state index >= 15 is 0 Å². The van der Waals surface area contributed by atoms with E-state index in [0.29, 0.717) is 12.0 Å². The lowest BCUT2D eigenvalue weighted by Crippen LogP contribution is -2.40. The fraction of sp³-hybridized carbons (Fsp3) is 0.667. The van der Waals surface area contributed by atoms with Crippen molar-refractivity contribution in [2.45, 2.75) is 57.6 Å². The van der Waals surface area contributed by atoms with E-state index in [1.54, 1.807) is 12.1 Å². The third-order valence-electron chi connectivity index (χ3n) is 5.37. The molecule has 1 saturated carbocycles. The van der Waals surface area contributed by atoms with Crippen LogP contribution in [0.3, 0.4) is 0 Å². The molecule has 4 atom stereocenters. The molecule has 2 nitrogen and oxygen atoms in total. The summed E-state index contributed by atoms with van der Waals surface area (Å²) < 4.78 is 19.3. The smallest absolute Gasteiger partial charge is 0.123 e. The molecule has 1 aromatic carbocycles. The monoisotopic (exact) mass is 291 g/mol. The highest BCUT2D eigenvalue weighted by Crippen LogP contribution is 2.37. The van der Waals surface area contributed by atoms with Crippen molar-refractivity contribution in [2.24, 2.45) is 11.8 Å². The SMILES string of the molecule is CCC1CCC(NC)C(CC2Cc3cc(F)ccc3O2)C1. The first-order chi connectivity index (χ1) is 10.2. The van der Waals surface area contributed by atoms with Crippen LogP contribution in [-0.2, 0) is 6.42 Å². The van der Waals surface area contributed by atoms with Crippen LogP contribution in [0.5, 0.6) is 5.75 Å². The molecule has 4 unspecified atom stereocenters. The number of nitrogens with one attached hydrogen (secondary N) is 1. The zero-order valence-corrected chi connectivity index (χ0v) is 13.1. The summed E-state index contributed by atoms with van der Waals surface area (Å²) in [5.41, 5.74) is 1.03. The average molecular weight is 291 g/mol. The fourth-order valence-corrected chi connectivity index (χ4v) is 4.13. The summed E-state index contributed by atoms with van der Waals surface area (Å²) in [5, 5.41) is 3.49. The van der Waals surface area contributed by atoms with Gasteiger partial charge >= 0.3 is 0 Å². The molecule has 0 bridgehead atoms. The zero-order chi connectivity index (χ0) is 14.8. The van der Waals surface area contributed by atoms with Crippen LogP contribution >= 0.6 is 0 Å². The Hall–Kier alpha value is -1.09. The van der Waals surface area contributed by atoms with Gasteiger partial charge in [-0.3, -0.25) is 0 Å². The van der Waals surface area contributed by atoms with E-state index in [0.717, 1.165) is 30.1 Å². The Labute approximate surface area is 127 Å². The summed E-state index contributed by atoms with van der Waals surface area (Å²) in [6, 6.07) is 5.50. The van der Waals surface area contributed by atoms with Crippen molar-refractivity contribution in [2.75, 3.05) is 7.05 Å². The molecule has 0 radical (unpaired) electrons. The van der Waals surface area contributed by atoms with Gasteiger partial charge in [0, 0.05) is 18.0 Å². The standard InChI is InChI=1S/C18H26FNO/c1-3-12-4-6-17(20-2)13(8-12)10-16-11-14-9-15(19)5-7-18(14)21-16/h5,7,9,12-13,16-17,20H,3-4,6,8,10-11H2,1-2H3. The van der Waals surface area contributed by atoms with E-state index in [4.69, 9.17) is 4.74 Å². The molecule has 3 heteroatoms. The van der Waals surface area contributed by atoms with Crippen LogP contribution in [0.15, 0.2) is 18.2 Å². The van der Waals surface area contributed by atoms with E-state index in [9.17, 15) is 4.39 Å². The molecule has 21 heavy (non-hydrogen) atoms. The second-order valence-corrected chi connectivity index (χ2v) is 6.67. The maximum atomic E-state index is 13.3. The molecule has 1 N–H and O–H groups in total. The topological polar surface area (TPSA) is 21.3 Å². The van der Waals surface area contributed by atoms with Gasteiger partial charge in [0.1, 0.15) is 17.7 Å². The Kier molecular flexibility index (Phi) is 4.48. The highest BCUT2D eigenvalue weighted by molar-refractivity contribution is 5.37. The molecule has 1 aromatic rings. The zero-order valence-electron chi connectivity index (χ0n) is 13.1. The van der Waals surface area contributed by atoms with Gasteiger partial charge in [-0.05, 0) is 62.8 Å². The lowest BCUT2D eigenvalue weighted by Gasteiger charge is -2.37. The van der Waals surface area contributed by atoms with E-state index in [2.05, 4.69) is 19.3 Å². The second-order valence-electron chi connectivity index (χ2n) is 6.67. The van der Waals surface area contributed by atoms with Crippen molar-refractivity contribution in [3.63, 3.8) is 0 Å². The molecule has 0 aromatic heterocycles. The normalized spacial score (nSPS) is 31.8. The number of rotatable bonds is 4. The van der Waals surface area contributed by atoms with Crippen molar-refractivity contribution in [3.8, 4) is 5.75 Å². The number of fused-ring (bicyclic) bond motifs is 1. The first-order valence-electron chi connectivity index (χ1n) is 8.32. The molecule has 116 valence electrons. The fourth-order valence-electron chi connectivity index (χ4n) is 4.13. The molecule has 3 rings (SSSR count). The maximum Gasteiger partial charge on any atom is 0.123 e. The minimum Gasteiger partial charge on any atom is -0.490 e. The van der Waals surface area contributed by atoms with E-state index < -0.39 is 0 Å². The van der Waals surface area contributed by atoms with Crippen LogP contribution in [0.25, 0.3) is 0 Å². The summed E-state index contributed by atoms with van der Waals surface area (Å²) >= 11 is 0. The van der Waals surface area contributed by atoms with E-state index in [1.165, 1.54) is 31.7 Å². The average Bonchev–Trinajstić information content (AvgIpc) is 2.88. The predicted molar refractivity (Wildman–Crippen MR) is 83.1 cm³/mol. The highest BCUT2D eigenvalue weighted by atomic mass is 19.1. The molecule has 1 heterocycles. The number of hydrogen-bond donors (Lipinski definition) is 1. The molecule has 1 aliphatic carbocycles. The summed E-state index contributed by atoms with van der Waals surface area (Å²) in [5.74, 6) is 2.26. The predicted octanol–water partition coefficient (Wildman–Crippen LogP) is 3.93. The van der Waals surface area contributed by atoms with Gasteiger partial charge in [0.15, 0.2) is 0 Å². The Bertz CT molecular complexity index is 490. The lowest BCUT2D eigenvalue weighted by molar-refractivity contribution is 0.131. The molecule has 1 aliphatic heterocycles. The number of ether oxygens (including phenoxy) is 1. The highest BCUT2D eigenvalue weighted by Gasteiger charge is 2.33. The number of halogens is 1. The summed E-state index contributed by atoms with van der Waals surface area (Å²) in [6.07, 6.45) is 7.35. The molecular formula is C18H26FNO. The van der Waals surface area contributed by atoms with Gasteiger partial charge in [0.2, 0.25) is 0 Å². The first-order valence-corrected chi connectivity index (χ1v) is 8.32. The Morgan fingerprint density at radius 1 is 1.33 bits per heavy atom. The van der Waals surface area contributed by atoms with Gasteiger partial charge in [-0.1, -0.05) is 13.3 Å². The quantitative estimate of drug-likeness (QED) is 0.907. The van der Waals surface area contributed by atoms with Crippen molar-refractivity contribution in [1.82, 2.24) is 5.32 Å². The summed E-state index contributed by atoms with van der Waals surface area (Å²) in [6.45, 7) is 2.30. The summed E-state index contributed by atoms with van der Waals surface area (Å²) in [4.78, 5) is 0. The Morgan fingerprint density at radius 3 is 2.95 bits per heavy atom. The number of benzene rings is 1. The summed E-state index contributed by atoms with van der Waals surface area (Å²) in [7, 11) is 2.07. The molecular weight excluding hydrogens is 265 g/mol. The molecule has 0 amide bonds. The van der Waals surface area contributed by atoms with Crippen molar-refractivity contribution in [3.05, 3.63) is 29.6 Å². The molecule has 0 spiro atoms. The largest absolute Gasteiger partial charge is 0.490 e. The number of hydrogen-bond acceptors (Lipinski definition) is 2. The van der Waals surface area contributed by atoms with Gasteiger partial charge in [-0.15, -0.1) is 0 Å². The van der Waals surface area contributed by atoms with Crippen LogP contribution in [0.4, 0.5) is 4.39 Å². The van der Waals surface area contributed by atoms with E-state index in [1.807, 2.05) is 0 Å². The first kappa shape index (κ1) is 14.8. The maximum absolute atomic E-state index is 13.3. The van der Waals surface area contributed by atoms with Crippen LogP contribution in [-0.4, -0.2) is 19.2 Å². The van der Waals surface area contributed by atoms with Gasteiger partial charge in [0.25, 0.3) is 0 Å². The van der Waals surface area contributed by atoms with Crippen molar-refractivity contribution >= 4 is 0 Å².